The molecule has 0 saturated carbocycles. The van der Waals surface area contributed by atoms with Crippen molar-refractivity contribution in [3.05, 3.63) is 42.1 Å². The summed E-state index contributed by atoms with van der Waals surface area (Å²) in [6.07, 6.45) is 3.11. The predicted molar refractivity (Wildman–Crippen MR) is 77.5 cm³/mol. The van der Waals surface area contributed by atoms with Crippen molar-refractivity contribution in [3.63, 3.8) is 0 Å². The predicted octanol–water partition coefficient (Wildman–Crippen LogP) is 3.76. The topological polar surface area (TPSA) is 24.9 Å². The van der Waals surface area contributed by atoms with E-state index in [4.69, 9.17) is 0 Å². The van der Waals surface area contributed by atoms with Crippen LogP contribution >= 0.6 is 0 Å². The minimum absolute atomic E-state index is 0.543. The highest BCUT2D eigenvalue weighted by atomic mass is 14.9. The Balaban J connectivity index is 2.12. The number of nitrogens with one attached hydrogen (secondary N) is 1. The lowest BCUT2D eigenvalue weighted by atomic mass is 10.0. The molecule has 0 bridgehead atoms. The van der Waals surface area contributed by atoms with Crippen molar-refractivity contribution in [1.82, 2.24) is 10.3 Å². The Hall–Kier alpha value is -1.41. The van der Waals surface area contributed by atoms with Crippen LogP contribution in [0.4, 0.5) is 0 Å². The molecule has 2 atom stereocenters. The van der Waals surface area contributed by atoms with Gasteiger partial charge in [-0.15, -0.1) is 0 Å². The Morgan fingerprint density at radius 1 is 1.17 bits per heavy atom. The second kappa shape index (κ2) is 5.96. The second-order valence-electron chi connectivity index (χ2n) is 5.04. The van der Waals surface area contributed by atoms with Gasteiger partial charge in [-0.3, -0.25) is 4.98 Å². The van der Waals surface area contributed by atoms with Crippen molar-refractivity contribution in [2.75, 3.05) is 0 Å². The third-order valence-electron chi connectivity index (χ3n) is 3.85. The number of nitrogens with zero attached hydrogens (tertiary/aromatic N) is 1. The van der Waals surface area contributed by atoms with E-state index in [0.717, 1.165) is 12.1 Å². The van der Waals surface area contributed by atoms with Gasteiger partial charge in [0, 0.05) is 24.2 Å². The number of benzene rings is 1. The summed E-state index contributed by atoms with van der Waals surface area (Å²) in [5, 5.41) is 4.87. The number of hydrogen-bond acceptors (Lipinski definition) is 2. The summed E-state index contributed by atoms with van der Waals surface area (Å²) in [7, 11) is 0. The van der Waals surface area contributed by atoms with Crippen LogP contribution in [0, 0.1) is 5.92 Å². The molecule has 0 aliphatic rings. The molecular formula is C16H22N2. The number of fused-ring (bicyclic) bond motifs is 1. The van der Waals surface area contributed by atoms with E-state index in [1.807, 2.05) is 12.3 Å². The molecule has 1 aromatic carbocycles. The van der Waals surface area contributed by atoms with Gasteiger partial charge in [-0.05, 0) is 30.5 Å². The summed E-state index contributed by atoms with van der Waals surface area (Å²) in [6.45, 7) is 7.71. The summed E-state index contributed by atoms with van der Waals surface area (Å²) >= 11 is 0. The molecule has 1 heterocycles. The van der Waals surface area contributed by atoms with Gasteiger partial charge in [-0.2, -0.15) is 0 Å². The molecule has 0 radical (unpaired) electrons. The molecule has 1 aromatic heterocycles. The van der Waals surface area contributed by atoms with Crippen molar-refractivity contribution in [2.24, 2.45) is 5.92 Å². The second-order valence-corrected chi connectivity index (χ2v) is 5.04. The van der Waals surface area contributed by atoms with Crippen LogP contribution < -0.4 is 5.32 Å². The van der Waals surface area contributed by atoms with E-state index in [-0.39, 0.29) is 0 Å². The lowest BCUT2D eigenvalue weighted by Gasteiger charge is -2.20. The number of rotatable bonds is 5. The van der Waals surface area contributed by atoms with Gasteiger partial charge in [-0.25, -0.2) is 0 Å². The molecule has 0 aliphatic carbocycles. The van der Waals surface area contributed by atoms with Gasteiger partial charge in [0.05, 0.1) is 5.52 Å². The van der Waals surface area contributed by atoms with Crippen molar-refractivity contribution >= 4 is 10.9 Å². The largest absolute Gasteiger partial charge is 0.310 e. The maximum Gasteiger partial charge on any atom is 0.0705 e. The molecule has 0 fully saturated rings. The van der Waals surface area contributed by atoms with E-state index < -0.39 is 0 Å². The molecule has 0 aliphatic heterocycles. The number of hydrogen-bond donors (Lipinski definition) is 1. The van der Waals surface area contributed by atoms with Gasteiger partial charge in [-0.1, -0.05) is 38.5 Å². The average Bonchev–Trinajstić information content (AvgIpc) is 2.43. The number of pyridine rings is 1. The fourth-order valence-corrected chi connectivity index (χ4v) is 2.13. The zero-order valence-corrected chi connectivity index (χ0v) is 11.5. The summed E-state index contributed by atoms with van der Waals surface area (Å²) < 4.78 is 0. The van der Waals surface area contributed by atoms with Crippen LogP contribution in [0.1, 0.15) is 32.8 Å². The van der Waals surface area contributed by atoms with Crippen LogP contribution in [0.2, 0.25) is 0 Å². The van der Waals surface area contributed by atoms with Crippen LogP contribution in [0.5, 0.6) is 0 Å². The zero-order chi connectivity index (χ0) is 13.0. The molecule has 96 valence electrons. The Morgan fingerprint density at radius 2 is 1.94 bits per heavy atom. The zero-order valence-electron chi connectivity index (χ0n) is 11.5. The first-order chi connectivity index (χ1) is 8.72. The third kappa shape index (κ3) is 2.88. The first kappa shape index (κ1) is 13.0. The first-order valence-electron chi connectivity index (χ1n) is 6.78. The molecule has 2 aromatic rings. The highest BCUT2D eigenvalue weighted by Gasteiger charge is 2.09. The highest BCUT2D eigenvalue weighted by Crippen LogP contribution is 2.16. The smallest absolute Gasteiger partial charge is 0.0705 e. The molecule has 18 heavy (non-hydrogen) atoms. The molecule has 2 heteroatoms. The Labute approximate surface area is 109 Å². The highest BCUT2D eigenvalue weighted by molar-refractivity contribution is 5.81. The lowest BCUT2D eigenvalue weighted by molar-refractivity contribution is 0.390. The van der Waals surface area contributed by atoms with Crippen LogP contribution in [0.3, 0.4) is 0 Å². The van der Waals surface area contributed by atoms with Crippen molar-refractivity contribution in [1.29, 1.82) is 0 Å². The van der Waals surface area contributed by atoms with E-state index in [1.165, 1.54) is 17.4 Å². The maximum absolute atomic E-state index is 4.39. The van der Waals surface area contributed by atoms with Crippen molar-refractivity contribution in [3.8, 4) is 0 Å². The Bertz CT molecular complexity index is 502. The quantitative estimate of drug-likeness (QED) is 0.863. The molecule has 2 nitrogen and oxygen atoms in total. The third-order valence-corrected chi connectivity index (χ3v) is 3.85. The van der Waals surface area contributed by atoms with Crippen LogP contribution in [-0.4, -0.2) is 11.0 Å². The molecule has 0 amide bonds. The van der Waals surface area contributed by atoms with Gasteiger partial charge in [0.1, 0.15) is 0 Å². The SMILES string of the molecule is CCC(C)C(C)NCc1ccnc2ccccc12. The van der Waals surface area contributed by atoms with Gasteiger partial charge >= 0.3 is 0 Å². The number of aromatic nitrogens is 1. The summed E-state index contributed by atoms with van der Waals surface area (Å²) in [4.78, 5) is 4.39. The standard InChI is InChI=1S/C16H22N2/c1-4-12(2)13(3)18-11-14-9-10-17-16-8-6-5-7-15(14)16/h5-10,12-13,18H,4,11H2,1-3H3. The lowest BCUT2D eigenvalue weighted by Crippen LogP contribution is -2.31. The maximum atomic E-state index is 4.39. The minimum Gasteiger partial charge on any atom is -0.310 e. The fourth-order valence-electron chi connectivity index (χ4n) is 2.13. The van der Waals surface area contributed by atoms with Crippen molar-refractivity contribution < 1.29 is 0 Å². The first-order valence-corrected chi connectivity index (χ1v) is 6.78. The molecular weight excluding hydrogens is 220 g/mol. The van der Waals surface area contributed by atoms with Crippen LogP contribution in [0.15, 0.2) is 36.5 Å². The van der Waals surface area contributed by atoms with Crippen molar-refractivity contribution in [2.45, 2.75) is 39.8 Å². The fraction of sp³-hybridized carbons (Fsp3) is 0.438. The number of para-hydroxylation sites is 1. The molecule has 2 rings (SSSR count). The van der Waals surface area contributed by atoms with Crippen LogP contribution in [-0.2, 0) is 6.54 Å². The summed E-state index contributed by atoms with van der Waals surface area (Å²) in [5.41, 5.74) is 2.41. The van der Waals surface area contributed by atoms with Gasteiger partial charge in [0.25, 0.3) is 0 Å². The van der Waals surface area contributed by atoms with E-state index in [1.54, 1.807) is 0 Å². The van der Waals surface area contributed by atoms with Gasteiger partial charge < -0.3 is 5.32 Å². The summed E-state index contributed by atoms with van der Waals surface area (Å²) in [5.74, 6) is 0.707. The van der Waals surface area contributed by atoms with E-state index in [0.29, 0.717) is 12.0 Å². The van der Waals surface area contributed by atoms with Gasteiger partial charge in [0.15, 0.2) is 0 Å². The molecule has 2 unspecified atom stereocenters. The minimum atomic E-state index is 0.543. The average molecular weight is 242 g/mol. The van der Waals surface area contributed by atoms with E-state index in [9.17, 15) is 0 Å². The molecule has 0 saturated heterocycles. The Kier molecular flexibility index (Phi) is 4.32. The monoisotopic (exact) mass is 242 g/mol. The molecule has 1 N–H and O–H groups in total. The van der Waals surface area contributed by atoms with E-state index >= 15 is 0 Å². The van der Waals surface area contributed by atoms with Crippen LogP contribution in [0.25, 0.3) is 10.9 Å². The normalized spacial score (nSPS) is 14.6. The Morgan fingerprint density at radius 3 is 2.72 bits per heavy atom. The summed E-state index contributed by atoms with van der Waals surface area (Å²) in [6, 6.07) is 11.0. The van der Waals surface area contributed by atoms with Gasteiger partial charge in [0.2, 0.25) is 0 Å². The molecule has 0 spiro atoms. The van der Waals surface area contributed by atoms with E-state index in [2.05, 4.69) is 55.3 Å².